The van der Waals surface area contributed by atoms with E-state index in [-0.39, 0.29) is 0 Å². The summed E-state index contributed by atoms with van der Waals surface area (Å²) in [6.07, 6.45) is 0. The topological polar surface area (TPSA) is 0 Å². The first kappa shape index (κ1) is 47.8. The van der Waals surface area contributed by atoms with Gasteiger partial charge in [-0.1, -0.05) is 276 Å². The van der Waals surface area contributed by atoms with Crippen molar-refractivity contribution in [1.29, 1.82) is 0 Å². The molecule has 0 spiro atoms. The fourth-order valence-electron chi connectivity index (χ4n) is 4.25. The molecule has 0 fully saturated rings. The van der Waals surface area contributed by atoms with Crippen LogP contribution in [0.2, 0.25) is 0 Å². The van der Waals surface area contributed by atoms with E-state index in [1.807, 2.05) is 146 Å². The normalized spacial score (nSPS) is 8.71. The molecule has 0 saturated carbocycles. The summed E-state index contributed by atoms with van der Waals surface area (Å²) in [5, 5.41) is 0. The molecule has 0 aromatic heterocycles. The lowest BCUT2D eigenvalue weighted by Gasteiger charge is -1.93. The summed E-state index contributed by atoms with van der Waals surface area (Å²) in [5.74, 6) is 0. The zero-order valence-electron chi connectivity index (χ0n) is 35.1. The Labute approximate surface area is 341 Å². The first-order valence-corrected chi connectivity index (χ1v) is 19.3. The van der Waals surface area contributed by atoms with Gasteiger partial charge in [-0.15, -0.1) is 0 Å². The Hall–Kier alpha value is -6.24. The summed E-state index contributed by atoms with van der Waals surface area (Å²) in [7, 11) is 0. The average Bonchev–Trinajstić information content (AvgIpc) is 3.23. The molecular weight excluding hydrogens is 673 g/mol. The molecule has 56 heavy (non-hydrogen) atoms. The summed E-state index contributed by atoms with van der Waals surface area (Å²) in [6, 6.07) is 81.9. The molecule has 0 aliphatic rings. The minimum absolute atomic E-state index is 1.32. The molecule has 0 N–H and O–H groups in total. The summed E-state index contributed by atoms with van der Waals surface area (Å²) >= 11 is 0. The highest BCUT2D eigenvalue weighted by Crippen LogP contribution is 2.03. The van der Waals surface area contributed by atoms with Crippen LogP contribution < -0.4 is 0 Å². The molecule has 0 bridgehead atoms. The third-order valence-electron chi connectivity index (χ3n) is 7.73. The van der Waals surface area contributed by atoms with Gasteiger partial charge in [-0.05, 0) is 66.5 Å². The number of rotatable bonds is 0. The molecule has 0 aliphatic carbocycles. The van der Waals surface area contributed by atoms with Crippen LogP contribution in [0.3, 0.4) is 0 Å². The number of aryl methyl sites for hydroxylation is 8. The lowest BCUT2D eigenvalue weighted by Crippen LogP contribution is -1.74. The molecule has 288 valence electrons. The lowest BCUT2D eigenvalue weighted by atomic mass is 10.1. The third kappa shape index (κ3) is 30.2. The molecule has 8 aromatic carbocycles. The second-order valence-electron chi connectivity index (χ2n) is 13.2. The Kier molecular flexibility index (Phi) is 28.4. The molecule has 0 heteroatoms. The molecule has 8 aromatic rings. The van der Waals surface area contributed by atoms with Crippen LogP contribution >= 0.6 is 0 Å². The second-order valence-corrected chi connectivity index (χ2v) is 13.2. The van der Waals surface area contributed by atoms with Gasteiger partial charge in [0.15, 0.2) is 0 Å². The molecule has 0 radical (unpaired) electrons. The standard InChI is InChI=1S/C8H10.6C7H8.C6H6/c1-7-5-3-4-6-8(7)2;6*1-7-5-3-2-4-6-7;1-2-4-6-5-3-1/h3-6H,1-2H3;6*2-6H,1H3;1-6H. The largest absolute Gasteiger partial charge is 0.0623 e. The van der Waals surface area contributed by atoms with E-state index in [2.05, 4.69) is 152 Å². The number of hydrogen-bond donors (Lipinski definition) is 0. The first-order chi connectivity index (χ1) is 27.2. The van der Waals surface area contributed by atoms with E-state index in [9.17, 15) is 0 Å². The van der Waals surface area contributed by atoms with E-state index < -0.39 is 0 Å². The Morgan fingerprint density at radius 2 is 0.250 bits per heavy atom. The monoisotopic (exact) mass is 737 g/mol. The van der Waals surface area contributed by atoms with Crippen molar-refractivity contribution in [3.63, 3.8) is 0 Å². The highest BCUT2D eigenvalue weighted by Gasteiger charge is 1.84. The molecule has 0 atom stereocenters. The zero-order valence-corrected chi connectivity index (χ0v) is 35.1. The van der Waals surface area contributed by atoms with Gasteiger partial charge in [0.1, 0.15) is 0 Å². The molecule has 0 saturated heterocycles. The minimum atomic E-state index is 1.32. The van der Waals surface area contributed by atoms with Crippen LogP contribution in [0.1, 0.15) is 44.5 Å². The fourth-order valence-corrected chi connectivity index (χ4v) is 4.25. The summed E-state index contributed by atoms with van der Waals surface area (Å²) < 4.78 is 0. The molecule has 8 rings (SSSR count). The van der Waals surface area contributed by atoms with Crippen molar-refractivity contribution in [2.24, 2.45) is 0 Å². The first-order valence-electron chi connectivity index (χ1n) is 19.3. The van der Waals surface area contributed by atoms with Crippen molar-refractivity contribution >= 4 is 0 Å². The van der Waals surface area contributed by atoms with Gasteiger partial charge >= 0.3 is 0 Å². The zero-order chi connectivity index (χ0) is 40.9. The van der Waals surface area contributed by atoms with Gasteiger partial charge in [0.25, 0.3) is 0 Å². The van der Waals surface area contributed by atoms with Crippen LogP contribution in [0.15, 0.2) is 243 Å². The maximum Gasteiger partial charge on any atom is -0.0395 e. The molecule has 0 amide bonds. The van der Waals surface area contributed by atoms with E-state index in [0.29, 0.717) is 0 Å². The Balaban J connectivity index is 0.000000320. The van der Waals surface area contributed by atoms with Gasteiger partial charge in [-0.25, -0.2) is 0 Å². The van der Waals surface area contributed by atoms with Crippen LogP contribution in [0, 0.1) is 55.4 Å². The summed E-state index contributed by atoms with van der Waals surface area (Å²) in [4.78, 5) is 0. The number of hydrogen-bond acceptors (Lipinski definition) is 0. The van der Waals surface area contributed by atoms with E-state index >= 15 is 0 Å². The van der Waals surface area contributed by atoms with Crippen molar-refractivity contribution in [3.05, 3.63) is 287 Å². The fraction of sp³-hybridized carbons (Fsp3) is 0.143. The second kappa shape index (κ2) is 33.3. The number of benzene rings is 8. The van der Waals surface area contributed by atoms with Crippen LogP contribution in [0.4, 0.5) is 0 Å². The third-order valence-corrected chi connectivity index (χ3v) is 7.73. The van der Waals surface area contributed by atoms with Crippen molar-refractivity contribution in [1.82, 2.24) is 0 Å². The van der Waals surface area contributed by atoms with Crippen molar-refractivity contribution in [2.75, 3.05) is 0 Å². The van der Waals surface area contributed by atoms with Gasteiger partial charge < -0.3 is 0 Å². The maximum absolute atomic E-state index is 2.12. The molecular formula is C56H64. The maximum atomic E-state index is 2.12. The van der Waals surface area contributed by atoms with Gasteiger partial charge in [-0.3, -0.25) is 0 Å². The quantitative estimate of drug-likeness (QED) is 0.145. The van der Waals surface area contributed by atoms with Crippen LogP contribution in [0.5, 0.6) is 0 Å². The van der Waals surface area contributed by atoms with E-state index in [0.717, 1.165) is 0 Å². The minimum Gasteiger partial charge on any atom is -0.0623 e. The Bertz CT molecular complexity index is 1620. The van der Waals surface area contributed by atoms with Crippen LogP contribution in [0.25, 0.3) is 0 Å². The SMILES string of the molecule is Cc1ccccc1.Cc1ccccc1.Cc1ccccc1.Cc1ccccc1.Cc1ccccc1.Cc1ccccc1.Cc1ccccc1C.c1ccccc1. The van der Waals surface area contributed by atoms with Gasteiger partial charge in [0.05, 0.1) is 0 Å². The predicted molar refractivity (Wildman–Crippen MR) is 249 cm³/mol. The smallest absolute Gasteiger partial charge is 0.0395 e. The van der Waals surface area contributed by atoms with Crippen LogP contribution in [-0.4, -0.2) is 0 Å². The molecule has 0 unspecified atom stereocenters. The summed E-state index contributed by atoms with van der Waals surface area (Å²) in [5.41, 5.74) is 10.7. The van der Waals surface area contributed by atoms with Gasteiger partial charge in [0, 0.05) is 0 Å². The molecule has 0 heterocycles. The highest BCUT2D eigenvalue weighted by molar-refractivity contribution is 5.23. The molecule has 0 nitrogen and oxygen atoms in total. The van der Waals surface area contributed by atoms with E-state index in [4.69, 9.17) is 0 Å². The van der Waals surface area contributed by atoms with Crippen molar-refractivity contribution < 1.29 is 0 Å². The van der Waals surface area contributed by atoms with Gasteiger partial charge in [-0.2, -0.15) is 0 Å². The lowest BCUT2D eigenvalue weighted by molar-refractivity contribution is 1.34. The highest BCUT2D eigenvalue weighted by atomic mass is 13.9. The summed E-state index contributed by atoms with van der Waals surface area (Å²) in [6.45, 7) is 16.7. The predicted octanol–water partition coefficient (Wildman–Crippen LogP) is 16.0. The Morgan fingerprint density at radius 1 is 0.143 bits per heavy atom. The van der Waals surface area contributed by atoms with Gasteiger partial charge in [0.2, 0.25) is 0 Å². The van der Waals surface area contributed by atoms with Crippen molar-refractivity contribution in [2.45, 2.75) is 55.4 Å². The van der Waals surface area contributed by atoms with E-state index in [1.165, 1.54) is 44.5 Å². The van der Waals surface area contributed by atoms with E-state index in [1.54, 1.807) is 0 Å². The van der Waals surface area contributed by atoms with Crippen molar-refractivity contribution in [3.8, 4) is 0 Å². The average molecular weight is 737 g/mol. The Morgan fingerprint density at radius 3 is 0.339 bits per heavy atom. The molecule has 0 aliphatic heterocycles. The van der Waals surface area contributed by atoms with Crippen LogP contribution in [-0.2, 0) is 0 Å².